The molecule has 13 heavy (non-hydrogen) atoms. The van der Waals surface area contributed by atoms with Crippen molar-refractivity contribution in [3.8, 4) is 0 Å². The van der Waals surface area contributed by atoms with Crippen molar-refractivity contribution in [3.05, 3.63) is 17.5 Å². The number of hydrogen-bond acceptors (Lipinski definition) is 3. The van der Waals surface area contributed by atoms with Crippen LogP contribution >= 0.6 is 0 Å². The van der Waals surface area contributed by atoms with E-state index in [-0.39, 0.29) is 0 Å². The number of anilines is 1. The molecule has 0 saturated heterocycles. The minimum absolute atomic E-state index is 0.369. The Balaban J connectivity index is 3.19. The lowest BCUT2D eigenvalue weighted by atomic mass is 9.97. The van der Waals surface area contributed by atoms with Crippen LogP contribution in [-0.4, -0.2) is 9.97 Å². The third-order valence-corrected chi connectivity index (χ3v) is 2.04. The summed E-state index contributed by atoms with van der Waals surface area (Å²) in [6.07, 6.45) is 1.84. The van der Waals surface area contributed by atoms with E-state index in [0.29, 0.717) is 17.8 Å². The molecule has 1 aromatic rings. The molecule has 0 bridgehead atoms. The third-order valence-electron chi connectivity index (χ3n) is 2.04. The molecule has 2 N–H and O–H groups in total. The fraction of sp³-hybridized carbons (Fsp3) is 0.600. The number of aromatic nitrogens is 2. The van der Waals surface area contributed by atoms with E-state index in [2.05, 4.69) is 37.7 Å². The average molecular weight is 179 g/mol. The quantitative estimate of drug-likeness (QED) is 0.758. The van der Waals surface area contributed by atoms with E-state index in [4.69, 9.17) is 5.73 Å². The van der Waals surface area contributed by atoms with Gasteiger partial charge in [0.05, 0.1) is 5.69 Å². The van der Waals surface area contributed by atoms with Crippen molar-refractivity contribution in [1.82, 2.24) is 9.97 Å². The van der Waals surface area contributed by atoms with Crippen molar-refractivity contribution < 1.29 is 0 Å². The first-order valence-electron chi connectivity index (χ1n) is 4.64. The summed E-state index contributed by atoms with van der Waals surface area (Å²) in [4.78, 5) is 8.27. The highest BCUT2D eigenvalue weighted by Gasteiger charge is 2.12. The van der Waals surface area contributed by atoms with Crippen molar-refractivity contribution in [2.45, 2.75) is 39.5 Å². The SMILES string of the molecule is CC(C)c1cnc(N)nc1C(C)C. The second-order valence-electron chi connectivity index (χ2n) is 3.88. The first kappa shape index (κ1) is 9.96. The highest BCUT2D eigenvalue weighted by atomic mass is 15.0. The Morgan fingerprint density at radius 1 is 1.15 bits per heavy atom. The lowest BCUT2D eigenvalue weighted by molar-refractivity contribution is 0.749. The van der Waals surface area contributed by atoms with Gasteiger partial charge in [0, 0.05) is 6.20 Å². The molecule has 3 heteroatoms. The Kier molecular flexibility index (Phi) is 2.86. The number of nitrogens with zero attached hydrogens (tertiary/aromatic N) is 2. The van der Waals surface area contributed by atoms with Crippen LogP contribution in [0.15, 0.2) is 6.20 Å². The van der Waals surface area contributed by atoms with E-state index < -0.39 is 0 Å². The minimum Gasteiger partial charge on any atom is -0.368 e. The van der Waals surface area contributed by atoms with Gasteiger partial charge in [-0.15, -0.1) is 0 Å². The van der Waals surface area contributed by atoms with Crippen LogP contribution in [0.4, 0.5) is 5.95 Å². The molecular weight excluding hydrogens is 162 g/mol. The molecular formula is C10H17N3. The van der Waals surface area contributed by atoms with Gasteiger partial charge in [-0.3, -0.25) is 0 Å². The van der Waals surface area contributed by atoms with Crippen molar-refractivity contribution >= 4 is 5.95 Å². The van der Waals surface area contributed by atoms with E-state index >= 15 is 0 Å². The van der Waals surface area contributed by atoms with Crippen LogP contribution in [0, 0.1) is 0 Å². The summed E-state index contributed by atoms with van der Waals surface area (Å²) in [5, 5.41) is 0. The predicted molar refractivity (Wildman–Crippen MR) is 54.6 cm³/mol. The predicted octanol–water partition coefficient (Wildman–Crippen LogP) is 2.31. The Hall–Kier alpha value is -1.12. The van der Waals surface area contributed by atoms with Gasteiger partial charge in [-0.05, 0) is 17.4 Å². The molecule has 0 saturated carbocycles. The number of hydrogen-bond donors (Lipinski definition) is 1. The molecule has 0 unspecified atom stereocenters. The molecule has 0 aliphatic rings. The van der Waals surface area contributed by atoms with Crippen molar-refractivity contribution in [1.29, 1.82) is 0 Å². The lowest BCUT2D eigenvalue weighted by Crippen LogP contribution is -2.06. The smallest absolute Gasteiger partial charge is 0.220 e. The molecule has 0 spiro atoms. The largest absolute Gasteiger partial charge is 0.368 e. The second kappa shape index (κ2) is 3.73. The Morgan fingerprint density at radius 3 is 2.23 bits per heavy atom. The zero-order valence-corrected chi connectivity index (χ0v) is 8.70. The molecule has 72 valence electrons. The van der Waals surface area contributed by atoms with Gasteiger partial charge in [0.25, 0.3) is 0 Å². The molecule has 1 aromatic heterocycles. The van der Waals surface area contributed by atoms with Crippen LogP contribution < -0.4 is 5.73 Å². The minimum atomic E-state index is 0.369. The zero-order valence-electron chi connectivity index (χ0n) is 8.70. The number of nitrogen functional groups attached to an aromatic ring is 1. The van der Waals surface area contributed by atoms with Gasteiger partial charge in [-0.25, -0.2) is 9.97 Å². The molecule has 0 aliphatic carbocycles. The molecule has 0 amide bonds. The molecule has 0 aromatic carbocycles. The van der Waals surface area contributed by atoms with Crippen LogP contribution in [0.1, 0.15) is 50.8 Å². The summed E-state index contributed by atoms with van der Waals surface area (Å²) in [7, 11) is 0. The van der Waals surface area contributed by atoms with Crippen molar-refractivity contribution in [3.63, 3.8) is 0 Å². The van der Waals surface area contributed by atoms with E-state index in [1.807, 2.05) is 6.20 Å². The highest BCUT2D eigenvalue weighted by Crippen LogP contribution is 2.23. The maximum Gasteiger partial charge on any atom is 0.220 e. The maximum absolute atomic E-state index is 5.54. The Bertz CT molecular complexity index is 292. The summed E-state index contributed by atoms with van der Waals surface area (Å²) in [5.41, 5.74) is 7.81. The molecule has 0 radical (unpaired) electrons. The Morgan fingerprint density at radius 2 is 1.77 bits per heavy atom. The van der Waals surface area contributed by atoms with Gasteiger partial charge in [-0.2, -0.15) is 0 Å². The molecule has 0 fully saturated rings. The summed E-state index contributed by atoms with van der Waals surface area (Å²) >= 11 is 0. The van der Waals surface area contributed by atoms with Gasteiger partial charge in [-0.1, -0.05) is 27.7 Å². The fourth-order valence-electron chi connectivity index (χ4n) is 1.33. The summed E-state index contributed by atoms with van der Waals surface area (Å²) in [5.74, 6) is 1.23. The van der Waals surface area contributed by atoms with E-state index in [1.165, 1.54) is 5.56 Å². The van der Waals surface area contributed by atoms with Gasteiger partial charge in [0.2, 0.25) is 5.95 Å². The maximum atomic E-state index is 5.54. The van der Waals surface area contributed by atoms with Crippen LogP contribution in [0.25, 0.3) is 0 Å². The van der Waals surface area contributed by atoms with Crippen LogP contribution in [0.2, 0.25) is 0 Å². The monoisotopic (exact) mass is 179 g/mol. The molecule has 3 nitrogen and oxygen atoms in total. The van der Waals surface area contributed by atoms with E-state index in [0.717, 1.165) is 5.69 Å². The van der Waals surface area contributed by atoms with Crippen LogP contribution in [0.3, 0.4) is 0 Å². The topological polar surface area (TPSA) is 51.8 Å². The first-order chi connectivity index (χ1) is 6.02. The van der Waals surface area contributed by atoms with Gasteiger partial charge < -0.3 is 5.73 Å². The lowest BCUT2D eigenvalue weighted by Gasteiger charge is -2.13. The van der Waals surface area contributed by atoms with E-state index in [9.17, 15) is 0 Å². The molecule has 0 atom stereocenters. The average Bonchev–Trinajstić information content (AvgIpc) is 2.03. The van der Waals surface area contributed by atoms with E-state index in [1.54, 1.807) is 0 Å². The summed E-state index contributed by atoms with van der Waals surface area (Å²) in [6.45, 7) is 8.52. The molecule has 0 aliphatic heterocycles. The first-order valence-corrected chi connectivity index (χ1v) is 4.64. The zero-order chi connectivity index (χ0) is 10.0. The fourth-order valence-corrected chi connectivity index (χ4v) is 1.33. The van der Waals surface area contributed by atoms with Crippen molar-refractivity contribution in [2.75, 3.05) is 5.73 Å². The standard InChI is InChI=1S/C10H17N3/c1-6(2)8-5-12-10(11)13-9(8)7(3)4/h5-7H,1-4H3,(H2,11,12,13). The molecule has 1 rings (SSSR count). The molecule has 1 heterocycles. The second-order valence-corrected chi connectivity index (χ2v) is 3.88. The van der Waals surface area contributed by atoms with Crippen LogP contribution in [-0.2, 0) is 0 Å². The van der Waals surface area contributed by atoms with Gasteiger partial charge in [0.1, 0.15) is 0 Å². The normalized spacial score (nSPS) is 11.2. The summed E-state index contributed by atoms with van der Waals surface area (Å²) in [6, 6.07) is 0. The van der Waals surface area contributed by atoms with Gasteiger partial charge >= 0.3 is 0 Å². The highest BCUT2D eigenvalue weighted by molar-refractivity contribution is 5.29. The van der Waals surface area contributed by atoms with Gasteiger partial charge in [0.15, 0.2) is 0 Å². The number of nitrogens with two attached hydrogens (primary N) is 1. The van der Waals surface area contributed by atoms with Crippen LogP contribution in [0.5, 0.6) is 0 Å². The number of rotatable bonds is 2. The van der Waals surface area contributed by atoms with Crippen molar-refractivity contribution in [2.24, 2.45) is 0 Å². The summed E-state index contributed by atoms with van der Waals surface area (Å²) < 4.78 is 0. The third kappa shape index (κ3) is 2.17. The Labute approximate surface area is 79.4 Å².